The van der Waals surface area contributed by atoms with Crippen LogP contribution >= 0.6 is 0 Å². The summed E-state index contributed by atoms with van der Waals surface area (Å²) in [4.78, 5) is 0. The van der Waals surface area contributed by atoms with Gasteiger partial charge in [-0.25, -0.2) is 0 Å². The average Bonchev–Trinajstić information content (AvgIpc) is 2.46. The van der Waals surface area contributed by atoms with Crippen molar-refractivity contribution in [3.05, 3.63) is 0 Å². The second kappa shape index (κ2) is 5.85. The highest BCUT2D eigenvalue weighted by molar-refractivity contribution is 5.03. The van der Waals surface area contributed by atoms with Crippen molar-refractivity contribution < 1.29 is 4.74 Å². The molecule has 1 saturated heterocycles. The van der Waals surface area contributed by atoms with Crippen LogP contribution in [0, 0.1) is 29.1 Å². The van der Waals surface area contributed by atoms with Crippen molar-refractivity contribution in [1.29, 1.82) is 0 Å². The molecule has 4 saturated carbocycles. The molecule has 1 N–H and O–H groups in total. The van der Waals surface area contributed by atoms with Crippen LogP contribution in [-0.2, 0) is 4.74 Å². The van der Waals surface area contributed by atoms with Gasteiger partial charge in [0.15, 0.2) is 0 Å². The van der Waals surface area contributed by atoms with E-state index in [0.717, 1.165) is 43.4 Å². The Morgan fingerprint density at radius 2 is 1.76 bits per heavy atom. The molecular weight excluding hydrogens is 258 g/mol. The predicted octanol–water partition coefficient (Wildman–Crippen LogP) is 4.00. The first-order valence-electron chi connectivity index (χ1n) is 9.57. The average molecular weight is 291 g/mol. The highest BCUT2D eigenvalue weighted by Crippen LogP contribution is 2.61. The maximum Gasteiger partial charge on any atom is 0.0509 e. The SMILES string of the molecule is CCNC(CC12CC3CC(CC(C3)C1)C2)C1CCCOC1. The molecule has 5 fully saturated rings. The lowest BCUT2D eigenvalue weighted by Crippen LogP contribution is -2.51. The fraction of sp³-hybridized carbons (Fsp3) is 1.00. The zero-order valence-corrected chi connectivity index (χ0v) is 13.8. The van der Waals surface area contributed by atoms with E-state index in [1.165, 1.54) is 19.3 Å². The van der Waals surface area contributed by atoms with Crippen LogP contribution in [0.3, 0.4) is 0 Å². The van der Waals surface area contributed by atoms with Gasteiger partial charge < -0.3 is 10.1 Å². The third kappa shape index (κ3) is 2.91. The Kier molecular flexibility index (Phi) is 4.04. The van der Waals surface area contributed by atoms with Crippen molar-refractivity contribution in [2.75, 3.05) is 19.8 Å². The van der Waals surface area contributed by atoms with Crippen LogP contribution in [0.1, 0.15) is 64.7 Å². The number of hydrogen-bond donors (Lipinski definition) is 1. The maximum atomic E-state index is 5.79. The molecule has 1 aliphatic heterocycles. The highest BCUT2D eigenvalue weighted by Gasteiger charge is 2.51. The number of nitrogens with one attached hydrogen (secondary N) is 1. The Morgan fingerprint density at radius 1 is 1.10 bits per heavy atom. The van der Waals surface area contributed by atoms with E-state index in [4.69, 9.17) is 4.74 Å². The molecule has 5 aliphatic rings. The fourth-order valence-corrected chi connectivity index (χ4v) is 6.76. The normalized spacial score (nSPS) is 46.7. The summed E-state index contributed by atoms with van der Waals surface area (Å²) < 4.78 is 5.79. The summed E-state index contributed by atoms with van der Waals surface area (Å²) in [5, 5.41) is 3.85. The summed E-state index contributed by atoms with van der Waals surface area (Å²) >= 11 is 0. The summed E-state index contributed by atoms with van der Waals surface area (Å²) in [5.41, 5.74) is 0.707. The third-order valence-electron chi connectivity index (χ3n) is 7.05. The zero-order valence-electron chi connectivity index (χ0n) is 13.8. The Morgan fingerprint density at radius 3 is 2.29 bits per heavy atom. The second-order valence-corrected chi connectivity index (χ2v) is 8.76. The van der Waals surface area contributed by atoms with E-state index in [9.17, 15) is 0 Å². The molecule has 2 nitrogen and oxygen atoms in total. The minimum Gasteiger partial charge on any atom is -0.381 e. The lowest BCUT2D eigenvalue weighted by atomic mass is 9.48. The van der Waals surface area contributed by atoms with Crippen LogP contribution in [-0.4, -0.2) is 25.8 Å². The van der Waals surface area contributed by atoms with Crippen LogP contribution < -0.4 is 5.32 Å². The van der Waals surface area contributed by atoms with E-state index in [1.807, 2.05) is 0 Å². The monoisotopic (exact) mass is 291 g/mol. The minimum absolute atomic E-state index is 0.707. The Balaban J connectivity index is 1.46. The van der Waals surface area contributed by atoms with Crippen molar-refractivity contribution in [2.45, 2.75) is 70.8 Å². The van der Waals surface area contributed by atoms with Crippen molar-refractivity contribution in [3.8, 4) is 0 Å². The van der Waals surface area contributed by atoms with Gasteiger partial charge in [0.05, 0.1) is 6.61 Å². The molecular formula is C19H33NO. The summed E-state index contributed by atoms with van der Waals surface area (Å²) in [6.45, 7) is 5.39. The van der Waals surface area contributed by atoms with Crippen LogP contribution in [0.5, 0.6) is 0 Å². The molecule has 4 bridgehead atoms. The van der Waals surface area contributed by atoms with Crippen LogP contribution in [0.4, 0.5) is 0 Å². The van der Waals surface area contributed by atoms with Gasteiger partial charge in [-0.3, -0.25) is 0 Å². The molecule has 5 rings (SSSR count). The quantitative estimate of drug-likeness (QED) is 0.826. The molecule has 4 aliphatic carbocycles. The molecule has 2 unspecified atom stereocenters. The number of hydrogen-bond acceptors (Lipinski definition) is 2. The first-order valence-corrected chi connectivity index (χ1v) is 9.57. The largest absolute Gasteiger partial charge is 0.381 e. The van der Waals surface area contributed by atoms with Gasteiger partial charge in [0.1, 0.15) is 0 Å². The van der Waals surface area contributed by atoms with E-state index in [1.54, 1.807) is 38.5 Å². The Labute approximate surface area is 130 Å². The van der Waals surface area contributed by atoms with Gasteiger partial charge in [0.2, 0.25) is 0 Å². The summed E-state index contributed by atoms with van der Waals surface area (Å²) in [6.07, 6.45) is 13.4. The molecule has 1 heterocycles. The highest BCUT2D eigenvalue weighted by atomic mass is 16.5. The smallest absolute Gasteiger partial charge is 0.0509 e. The van der Waals surface area contributed by atoms with Gasteiger partial charge >= 0.3 is 0 Å². The van der Waals surface area contributed by atoms with Gasteiger partial charge in [-0.05, 0) is 93.4 Å². The molecule has 0 amide bonds. The molecule has 0 aromatic rings. The summed E-state index contributed by atoms with van der Waals surface area (Å²) in [7, 11) is 0. The van der Waals surface area contributed by atoms with Crippen molar-refractivity contribution in [2.24, 2.45) is 29.1 Å². The minimum atomic E-state index is 0.707. The molecule has 0 aromatic heterocycles. The van der Waals surface area contributed by atoms with Gasteiger partial charge in [-0.15, -0.1) is 0 Å². The Bertz CT molecular complexity index is 325. The van der Waals surface area contributed by atoms with E-state index >= 15 is 0 Å². The number of rotatable bonds is 5. The topological polar surface area (TPSA) is 21.3 Å². The van der Waals surface area contributed by atoms with E-state index in [2.05, 4.69) is 12.2 Å². The van der Waals surface area contributed by atoms with Gasteiger partial charge in [0, 0.05) is 12.6 Å². The molecule has 2 heteroatoms. The van der Waals surface area contributed by atoms with Crippen molar-refractivity contribution >= 4 is 0 Å². The van der Waals surface area contributed by atoms with Crippen LogP contribution in [0.25, 0.3) is 0 Å². The summed E-state index contributed by atoms with van der Waals surface area (Å²) in [5.74, 6) is 4.02. The summed E-state index contributed by atoms with van der Waals surface area (Å²) in [6, 6.07) is 0.714. The van der Waals surface area contributed by atoms with Crippen molar-refractivity contribution in [3.63, 3.8) is 0 Å². The fourth-order valence-electron chi connectivity index (χ4n) is 6.76. The first kappa shape index (κ1) is 14.5. The van der Waals surface area contributed by atoms with E-state index in [-0.39, 0.29) is 0 Å². The zero-order chi connectivity index (χ0) is 14.3. The molecule has 0 spiro atoms. The lowest BCUT2D eigenvalue weighted by Gasteiger charge is -2.58. The van der Waals surface area contributed by atoms with E-state index < -0.39 is 0 Å². The molecule has 0 aromatic carbocycles. The standard InChI is InChI=1S/C19H33NO/c1-2-20-18(17-4-3-5-21-13-17)12-19-9-14-6-15(10-19)8-16(7-14)11-19/h14-18,20H,2-13H2,1H3. The predicted molar refractivity (Wildman–Crippen MR) is 86.2 cm³/mol. The second-order valence-electron chi connectivity index (χ2n) is 8.76. The van der Waals surface area contributed by atoms with Crippen LogP contribution in [0.2, 0.25) is 0 Å². The van der Waals surface area contributed by atoms with Crippen molar-refractivity contribution in [1.82, 2.24) is 5.32 Å². The molecule has 21 heavy (non-hydrogen) atoms. The third-order valence-corrected chi connectivity index (χ3v) is 7.05. The number of ether oxygens (including phenoxy) is 1. The molecule has 2 atom stereocenters. The molecule has 0 radical (unpaired) electrons. The van der Waals surface area contributed by atoms with Gasteiger partial charge in [0.25, 0.3) is 0 Å². The maximum absolute atomic E-state index is 5.79. The van der Waals surface area contributed by atoms with Gasteiger partial charge in [-0.2, -0.15) is 0 Å². The lowest BCUT2D eigenvalue weighted by molar-refractivity contribution is -0.0698. The Hall–Kier alpha value is -0.0800. The molecule has 120 valence electrons. The first-order chi connectivity index (χ1) is 10.3. The van der Waals surface area contributed by atoms with E-state index in [0.29, 0.717) is 11.5 Å². The van der Waals surface area contributed by atoms with Gasteiger partial charge in [-0.1, -0.05) is 6.92 Å². The van der Waals surface area contributed by atoms with Crippen LogP contribution in [0.15, 0.2) is 0 Å².